The molecule has 3 nitrogen and oxygen atoms in total. The highest BCUT2D eigenvalue weighted by Crippen LogP contribution is 2.29. The first-order chi connectivity index (χ1) is 10.4. The molecule has 21 heavy (non-hydrogen) atoms. The number of para-hydroxylation sites is 1. The van der Waals surface area contributed by atoms with E-state index in [1.54, 1.807) is 0 Å². The molecule has 3 aliphatic rings. The Balaban J connectivity index is 1.32. The second-order valence-corrected chi connectivity index (χ2v) is 6.82. The van der Waals surface area contributed by atoms with Gasteiger partial charge < -0.3 is 15.0 Å². The lowest BCUT2D eigenvalue weighted by Crippen LogP contribution is -2.37. The van der Waals surface area contributed by atoms with E-state index in [-0.39, 0.29) is 0 Å². The van der Waals surface area contributed by atoms with Gasteiger partial charge in [-0.3, -0.25) is 0 Å². The van der Waals surface area contributed by atoms with E-state index < -0.39 is 0 Å². The van der Waals surface area contributed by atoms with Gasteiger partial charge in [0.25, 0.3) is 0 Å². The molecule has 2 fully saturated rings. The van der Waals surface area contributed by atoms with Crippen LogP contribution in [0.4, 0.5) is 5.69 Å². The van der Waals surface area contributed by atoms with Crippen LogP contribution in [0.1, 0.15) is 37.7 Å². The molecule has 1 aromatic rings. The first-order valence-electron chi connectivity index (χ1n) is 8.60. The normalized spacial score (nSPS) is 28.7. The molecule has 1 saturated heterocycles. The van der Waals surface area contributed by atoms with E-state index in [1.165, 1.54) is 56.3 Å². The number of hydrogen-bond donors (Lipinski definition) is 1. The summed E-state index contributed by atoms with van der Waals surface area (Å²) in [7, 11) is 0. The molecule has 1 saturated carbocycles. The van der Waals surface area contributed by atoms with Crippen LogP contribution in [0.5, 0.6) is 0 Å². The summed E-state index contributed by atoms with van der Waals surface area (Å²) in [5.74, 6) is 0. The molecule has 0 radical (unpaired) electrons. The van der Waals surface area contributed by atoms with Gasteiger partial charge in [0.05, 0.1) is 12.2 Å². The summed E-state index contributed by atoms with van der Waals surface area (Å²) in [6, 6.07) is 9.67. The SMILES string of the molecule is c1ccc2c(c1)CCCN2CC1CCC(CNC2CC2)O1. The molecule has 0 bridgehead atoms. The topological polar surface area (TPSA) is 24.5 Å². The quantitative estimate of drug-likeness (QED) is 0.901. The van der Waals surface area contributed by atoms with Gasteiger partial charge in [0, 0.05) is 31.4 Å². The molecule has 2 atom stereocenters. The van der Waals surface area contributed by atoms with Crippen molar-refractivity contribution in [2.45, 2.75) is 56.8 Å². The zero-order valence-corrected chi connectivity index (χ0v) is 12.8. The maximum Gasteiger partial charge on any atom is 0.0755 e. The standard InChI is InChI=1S/C18H26N2O/c1-2-6-18-14(4-1)5-3-11-20(18)13-17-10-9-16(21-17)12-19-15-7-8-15/h1-2,4,6,15-17,19H,3,5,7-13H2. The fourth-order valence-corrected chi connectivity index (χ4v) is 3.70. The average Bonchev–Trinajstić information content (AvgIpc) is 3.25. The second-order valence-electron chi connectivity index (χ2n) is 6.82. The van der Waals surface area contributed by atoms with Crippen LogP contribution in [0.3, 0.4) is 0 Å². The maximum absolute atomic E-state index is 6.25. The third-order valence-corrected chi connectivity index (χ3v) is 5.04. The molecule has 0 amide bonds. The average molecular weight is 286 g/mol. The number of benzene rings is 1. The van der Waals surface area contributed by atoms with Gasteiger partial charge in [-0.25, -0.2) is 0 Å². The summed E-state index contributed by atoms with van der Waals surface area (Å²) in [6.07, 6.45) is 8.53. The summed E-state index contributed by atoms with van der Waals surface area (Å²) in [6.45, 7) is 3.30. The van der Waals surface area contributed by atoms with Crippen LogP contribution in [0.2, 0.25) is 0 Å². The Labute approximate surface area is 127 Å². The predicted molar refractivity (Wildman–Crippen MR) is 85.9 cm³/mol. The molecule has 2 heterocycles. The molecule has 1 N–H and O–H groups in total. The Morgan fingerprint density at radius 3 is 2.86 bits per heavy atom. The number of nitrogens with zero attached hydrogens (tertiary/aromatic N) is 1. The molecule has 0 aromatic heterocycles. The smallest absolute Gasteiger partial charge is 0.0755 e. The number of ether oxygens (including phenoxy) is 1. The monoisotopic (exact) mass is 286 g/mol. The third kappa shape index (κ3) is 3.24. The van der Waals surface area contributed by atoms with Gasteiger partial charge in [0.15, 0.2) is 0 Å². The van der Waals surface area contributed by atoms with Gasteiger partial charge in [-0.05, 0) is 50.2 Å². The van der Waals surface area contributed by atoms with Crippen LogP contribution >= 0.6 is 0 Å². The van der Waals surface area contributed by atoms with Crippen molar-refractivity contribution in [3.05, 3.63) is 29.8 Å². The number of aryl methyl sites for hydroxylation is 1. The van der Waals surface area contributed by atoms with Gasteiger partial charge in [0.2, 0.25) is 0 Å². The summed E-state index contributed by atoms with van der Waals surface area (Å²) < 4.78 is 6.25. The van der Waals surface area contributed by atoms with Crippen LogP contribution < -0.4 is 10.2 Å². The Kier molecular flexibility index (Phi) is 3.87. The van der Waals surface area contributed by atoms with Gasteiger partial charge in [-0.2, -0.15) is 0 Å². The van der Waals surface area contributed by atoms with E-state index in [0.29, 0.717) is 12.2 Å². The van der Waals surface area contributed by atoms with Gasteiger partial charge >= 0.3 is 0 Å². The van der Waals surface area contributed by atoms with Crippen LogP contribution in [-0.4, -0.2) is 37.9 Å². The summed E-state index contributed by atoms with van der Waals surface area (Å²) in [5, 5.41) is 3.60. The highest BCUT2D eigenvalue weighted by molar-refractivity contribution is 5.55. The zero-order chi connectivity index (χ0) is 14.1. The lowest BCUT2D eigenvalue weighted by molar-refractivity contribution is 0.0490. The number of nitrogens with one attached hydrogen (secondary N) is 1. The Morgan fingerprint density at radius 2 is 1.95 bits per heavy atom. The second kappa shape index (κ2) is 5.98. The van der Waals surface area contributed by atoms with Gasteiger partial charge in [0.1, 0.15) is 0 Å². The van der Waals surface area contributed by atoms with E-state index in [9.17, 15) is 0 Å². The molecule has 114 valence electrons. The largest absolute Gasteiger partial charge is 0.372 e. The van der Waals surface area contributed by atoms with Crippen molar-refractivity contribution in [3.8, 4) is 0 Å². The molecule has 1 aliphatic carbocycles. The molecule has 4 rings (SSSR count). The summed E-state index contributed by atoms with van der Waals surface area (Å²) >= 11 is 0. The van der Waals surface area contributed by atoms with Crippen LogP contribution in [0.15, 0.2) is 24.3 Å². The fraction of sp³-hybridized carbons (Fsp3) is 0.667. The van der Waals surface area contributed by atoms with E-state index in [4.69, 9.17) is 4.74 Å². The van der Waals surface area contributed by atoms with Crippen LogP contribution in [-0.2, 0) is 11.2 Å². The molecule has 2 aliphatic heterocycles. The molecule has 3 heteroatoms. The fourth-order valence-electron chi connectivity index (χ4n) is 3.70. The molecular formula is C18H26N2O. The van der Waals surface area contributed by atoms with E-state index in [1.807, 2.05) is 0 Å². The van der Waals surface area contributed by atoms with Crippen molar-refractivity contribution in [3.63, 3.8) is 0 Å². The number of rotatable bonds is 5. The lowest BCUT2D eigenvalue weighted by Gasteiger charge is -2.33. The first-order valence-corrected chi connectivity index (χ1v) is 8.60. The van der Waals surface area contributed by atoms with Crippen molar-refractivity contribution >= 4 is 5.69 Å². The molecular weight excluding hydrogens is 260 g/mol. The zero-order valence-electron chi connectivity index (χ0n) is 12.8. The Hall–Kier alpha value is -1.06. The van der Waals surface area contributed by atoms with Gasteiger partial charge in [-0.15, -0.1) is 0 Å². The number of anilines is 1. The van der Waals surface area contributed by atoms with Crippen molar-refractivity contribution in [2.75, 3.05) is 24.5 Å². The minimum absolute atomic E-state index is 0.419. The van der Waals surface area contributed by atoms with Crippen molar-refractivity contribution < 1.29 is 4.74 Å². The van der Waals surface area contributed by atoms with E-state index in [0.717, 1.165) is 19.1 Å². The Bertz CT molecular complexity index is 486. The third-order valence-electron chi connectivity index (χ3n) is 5.04. The Morgan fingerprint density at radius 1 is 1.10 bits per heavy atom. The van der Waals surface area contributed by atoms with E-state index in [2.05, 4.69) is 34.5 Å². The minimum atomic E-state index is 0.419. The first kappa shape index (κ1) is 13.6. The van der Waals surface area contributed by atoms with E-state index >= 15 is 0 Å². The van der Waals surface area contributed by atoms with Crippen molar-refractivity contribution in [1.29, 1.82) is 0 Å². The molecule has 0 spiro atoms. The lowest BCUT2D eigenvalue weighted by atomic mass is 10.0. The molecule has 1 aromatic carbocycles. The maximum atomic E-state index is 6.25. The number of hydrogen-bond acceptors (Lipinski definition) is 3. The number of fused-ring (bicyclic) bond motifs is 1. The van der Waals surface area contributed by atoms with Crippen molar-refractivity contribution in [1.82, 2.24) is 5.32 Å². The van der Waals surface area contributed by atoms with Crippen LogP contribution in [0.25, 0.3) is 0 Å². The minimum Gasteiger partial charge on any atom is -0.372 e. The summed E-state index contributed by atoms with van der Waals surface area (Å²) in [5.41, 5.74) is 2.95. The predicted octanol–water partition coefficient (Wildman–Crippen LogP) is 2.74. The highest BCUT2D eigenvalue weighted by atomic mass is 16.5. The molecule has 2 unspecified atom stereocenters. The van der Waals surface area contributed by atoms with Crippen molar-refractivity contribution in [2.24, 2.45) is 0 Å². The highest BCUT2D eigenvalue weighted by Gasteiger charge is 2.30. The van der Waals surface area contributed by atoms with Gasteiger partial charge in [-0.1, -0.05) is 18.2 Å². The van der Waals surface area contributed by atoms with Crippen LogP contribution in [0, 0.1) is 0 Å². The summed E-state index contributed by atoms with van der Waals surface area (Å²) in [4.78, 5) is 2.54.